The van der Waals surface area contributed by atoms with Crippen LogP contribution in [0.25, 0.3) is 0 Å². The number of benzene rings is 1. The van der Waals surface area contributed by atoms with Gasteiger partial charge in [0.2, 0.25) is 0 Å². The fourth-order valence-electron chi connectivity index (χ4n) is 1.72. The molecule has 0 radical (unpaired) electrons. The fraction of sp³-hybridized carbons (Fsp3) is 0.538. The number of aryl methyl sites for hydroxylation is 1. The minimum Gasteiger partial charge on any atom is -0.370 e. The predicted molar refractivity (Wildman–Crippen MR) is 72.6 cm³/mol. The van der Waals surface area contributed by atoms with Gasteiger partial charge in [0.1, 0.15) is 0 Å². The van der Waals surface area contributed by atoms with Gasteiger partial charge in [-0.1, -0.05) is 26.0 Å². The minimum absolute atomic E-state index is 0.582. The topological polar surface area (TPSA) is 20.3 Å². The van der Waals surface area contributed by atoms with E-state index >= 15 is 0 Å². The maximum absolute atomic E-state index is 11.2. The van der Waals surface area contributed by atoms with Gasteiger partial charge in [-0.25, -0.2) is 0 Å². The van der Waals surface area contributed by atoms with Crippen LogP contribution in [0.4, 0.5) is 5.69 Å². The molecule has 0 N–H and O–H groups in total. The van der Waals surface area contributed by atoms with Crippen molar-refractivity contribution in [3.05, 3.63) is 29.8 Å². The van der Waals surface area contributed by atoms with E-state index in [4.69, 9.17) is 0 Å². The van der Waals surface area contributed by atoms with Gasteiger partial charge < -0.3 is 4.90 Å². The molecular weight excluding hydrogens is 218 g/mol. The van der Waals surface area contributed by atoms with Gasteiger partial charge in [0.05, 0.1) is 0 Å². The Balaban J connectivity index is 0.000000606. The third-order valence-corrected chi connectivity index (χ3v) is 3.82. The van der Waals surface area contributed by atoms with Crippen molar-refractivity contribution >= 4 is 16.5 Å². The molecule has 16 heavy (non-hydrogen) atoms. The Morgan fingerprint density at radius 2 is 1.81 bits per heavy atom. The Bertz CT molecular complexity index is 342. The van der Waals surface area contributed by atoms with Gasteiger partial charge in [-0.15, -0.1) is 0 Å². The van der Waals surface area contributed by atoms with Crippen molar-refractivity contribution in [3.63, 3.8) is 0 Å². The van der Waals surface area contributed by atoms with Gasteiger partial charge >= 0.3 is 0 Å². The van der Waals surface area contributed by atoms with E-state index in [1.807, 2.05) is 13.8 Å². The number of hydrogen-bond donors (Lipinski definition) is 0. The summed E-state index contributed by atoms with van der Waals surface area (Å²) in [5.41, 5.74) is 2.55. The molecule has 1 heterocycles. The van der Waals surface area contributed by atoms with E-state index in [1.165, 1.54) is 11.3 Å². The second kappa shape index (κ2) is 6.69. The lowest BCUT2D eigenvalue weighted by Gasteiger charge is -2.28. The molecule has 1 fully saturated rings. The average molecular weight is 239 g/mol. The molecule has 0 saturated carbocycles. The Morgan fingerprint density at radius 1 is 1.19 bits per heavy atom. The van der Waals surface area contributed by atoms with Crippen molar-refractivity contribution in [2.24, 2.45) is 0 Å². The zero-order valence-electron chi connectivity index (χ0n) is 10.4. The first-order chi connectivity index (χ1) is 7.75. The molecule has 2 nitrogen and oxygen atoms in total. The molecule has 0 aromatic heterocycles. The second-order valence-electron chi connectivity index (χ2n) is 3.67. The molecule has 0 unspecified atom stereocenters. The summed E-state index contributed by atoms with van der Waals surface area (Å²) in [5, 5.41) is 0. The third-order valence-electron chi connectivity index (χ3n) is 2.54. The van der Waals surface area contributed by atoms with Crippen LogP contribution in [0.5, 0.6) is 0 Å². The SMILES string of the molecule is CC.Cc1cccc(N2CCS(=O)CC2)c1. The molecule has 0 amide bonds. The molecule has 1 aliphatic heterocycles. The molecular formula is C13H21NOS. The van der Waals surface area contributed by atoms with Crippen LogP contribution >= 0.6 is 0 Å². The summed E-state index contributed by atoms with van der Waals surface area (Å²) in [6.07, 6.45) is 0. The lowest BCUT2D eigenvalue weighted by Crippen LogP contribution is -2.37. The fourth-order valence-corrected chi connectivity index (χ4v) is 2.77. The van der Waals surface area contributed by atoms with E-state index in [-0.39, 0.29) is 0 Å². The van der Waals surface area contributed by atoms with Crippen molar-refractivity contribution in [1.29, 1.82) is 0 Å². The Hall–Kier alpha value is -0.830. The normalized spacial score (nSPS) is 16.6. The quantitative estimate of drug-likeness (QED) is 0.751. The summed E-state index contributed by atoms with van der Waals surface area (Å²) in [7, 11) is -0.582. The van der Waals surface area contributed by atoms with Gasteiger partial charge in [0.25, 0.3) is 0 Å². The van der Waals surface area contributed by atoms with Gasteiger partial charge in [0, 0.05) is 41.1 Å². The highest BCUT2D eigenvalue weighted by molar-refractivity contribution is 7.85. The summed E-state index contributed by atoms with van der Waals surface area (Å²) in [4.78, 5) is 2.31. The van der Waals surface area contributed by atoms with E-state index in [0.717, 1.165) is 24.6 Å². The van der Waals surface area contributed by atoms with Crippen molar-refractivity contribution in [2.45, 2.75) is 20.8 Å². The van der Waals surface area contributed by atoms with E-state index in [1.54, 1.807) is 0 Å². The predicted octanol–water partition coefficient (Wildman–Crippen LogP) is 2.59. The highest BCUT2D eigenvalue weighted by atomic mass is 32.2. The monoisotopic (exact) mass is 239 g/mol. The minimum atomic E-state index is -0.582. The molecule has 0 bridgehead atoms. The highest BCUT2D eigenvalue weighted by Gasteiger charge is 2.14. The Kier molecular flexibility index (Phi) is 5.53. The van der Waals surface area contributed by atoms with Crippen LogP contribution in [-0.2, 0) is 10.8 Å². The molecule has 90 valence electrons. The number of hydrogen-bond acceptors (Lipinski definition) is 2. The summed E-state index contributed by atoms with van der Waals surface area (Å²) in [6, 6.07) is 8.50. The van der Waals surface area contributed by atoms with Crippen LogP contribution in [-0.4, -0.2) is 28.8 Å². The van der Waals surface area contributed by atoms with Crippen LogP contribution in [0, 0.1) is 6.92 Å². The van der Waals surface area contributed by atoms with E-state index in [2.05, 4.69) is 36.1 Å². The highest BCUT2D eigenvalue weighted by Crippen LogP contribution is 2.17. The standard InChI is InChI=1S/C11H15NOS.C2H6/c1-10-3-2-4-11(9-10)12-5-7-14(13)8-6-12;1-2/h2-4,9H,5-8H2,1H3;1-2H3. The molecule has 1 aromatic carbocycles. The van der Waals surface area contributed by atoms with Crippen LogP contribution < -0.4 is 4.90 Å². The summed E-state index contributed by atoms with van der Waals surface area (Å²) >= 11 is 0. The second-order valence-corrected chi connectivity index (χ2v) is 5.37. The van der Waals surface area contributed by atoms with Crippen molar-refractivity contribution in [2.75, 3.05) is 29.5 Å². The summed E-state index contributed by atoms with van der Waals surface area (Å²) in [5.74, 6) is 1.63. The first kappa shape index (κ1) is 13.2. The molecule has 1 saturated heterocycles. The van der Waals surface area contributed by atoms with Crippen molar-refractivity contribution in [1.82, 2.24) is 0 Å². The van der Waals surface area contributed by atoms with Gasteiger partial charge in [-0.05, 0) is 24.6 Å². The van der Waals surface area contributed by atoms with Crippen LogP contribution in [0.3, 0.4) is 0 Å². The lowest BCUT2D eigenvalue weighted by atomic mass is 10.2. The largest absolute Gasteiger partial charge is 0.370 e. The maximum Gasteiger partial charge on any atom is 0.0411 e. The van der Waals surface area contributed by atoms with Crippen molar-refractivity contribution < 1.29 is 4.21 Å². The molecule has 2 rings (SSSR count). The van der Waals surface area contributed by atoms with E-state index in [0.29, 0.717) is 0 Å². The molecule has 0 aliphatic carbocycles. The summed E-state index contributed by atoms with van der Waals surface area (Å²) in [6.45, 7) is 7.96. The summed E-state index contributed by atoms with van der Waals surface area (Å²) < 4.78 is 11.2. The average Bonchev–Trinajstić information content (AvgIpc) is 2.32. The van der Waals surface area contributed by atoms with Gasteiger partial charge in [0.15, 0.2) is 0 Å². The van der Waals surface area contributed by atoms with E-state index < -0.39 is 10.8 Å². The maximum atomic E-state index is 11.2. The van der Waals surface area contributed by atoms with Crippen molar-refractivity contribution in [3.8, 4) is 0 Å². The Morgan fingerprint density at radius 3 is 2.38 bits per heavy atom. The molecule has 3 heteroatoms. The first-order valence-corrected chi connectivity index (χ1v) is 7.41. The zero-order chi connectivity index (χ0) is 12.0. The van der Waals surface area contributed by atoms with Crippen LogP contribution in [0.15, 0.2) is 24.3 Å². The first-order valence-electron chi connectivity index (χ1n) is 5.92. The molecule has 1 aromatic rings. The smallest absolute Gasteiger partial charge is 0.0411 e. The van der Waals surface area contributed by atoms with Gasteiger partial charge in [-0.3, -0.25) is 4.21 Å². The molecule has 0 spiro atoms. The van der Waals surface area contributed by atoms with Crippen LogP contribution in [0.2, 0.25) is 0 Å². The number of anilines is 1. The molecule has 0 atom stereocenters. The van der Waals surface area contributed by atoms with Gasteiger partial charge in [-0.2, -0.15) is 0 Å². The van der Waals surface area contributed by atoms with E-state index in [9.17, 15) is 4.21 Å². The zero-order valence-corrected chi connectivity index (χ0v) is 11.2. The lowest BCUT2D eigenvalue weighted by molar-refractivity contribution is 0.673. The third kappa shape index (κ3) is 3.63. The number of rotatable bonds is 1. The number of nitrogens with zero attached hydrogens (tertiary/aromatic N) is 1. The Labute approximate surface area is 101 Å². The molecule has 1 aliphatic rings. The van der Waals surface area contributed by atoms with Crippen LogP contribution in [0.1, 0.15) is 19.4 Å².